The van der Waals surface area contributed by atoms with Crippen LogP contribution in [0.1, 0.15) is 42.1 Å². The molecule has 0 spiro atoms. The van der Waals surface area contributed by atoms with E-state index in [0.29, 0.717) is 16.8 Å². The normalized spacial score (nSPS) is 10.2. The van der Waals surface area contributed by atoms with Gasteiger partial charge in [0.2, 0.25) is 5.91 Å². The van der Waals surface area contributed by atoms with Gasteiger partial charge in [-0.15, -0.1) is 0 Å². The molecule has 2 amide bonds. The van der Waals surface area contributed by atoms with Gasteiger partial charge in [-0.05, 0) is 50.6 Å². The third-order valence-corrected chi connectivity index (χ3v) is 4.52. The quantitative estimate of drug-likeness (QED) is 0.287. The van der Waals surface area contributed by atoms with Gasteiger partial charge in [-0.3, -0.25) is 24.5 Å². The van der Waals surface area contributed by atoms with Gasteiger partial charge < -0.3 is 20.1 Å². The number of anilines is 2. The Morgan fingerprint density at radius 1 is 0.912 bits per heavy atom. The summed E-state index contributed by atoms with van der Waals surface area (Å²) in [5, 5.41) is 16.0. The van der Waals surface area contributed by atoms with E-state index in [9.17, 15) is 29.3 Å². The third-order valence-electron chi connectivity index (χ3n) is 4.52. The highest BCUT2D eigenvalue weighted by Crippen LogP contribution is 2.22. The summed E-state index contributed by atoms with van der Waals surface area (Å²) in [7, 11) is 0. The lowest BCUT2D eigenvalue weighted by Gasteiger charge is -2.08. The Hall–Kier alpha value is -4.28. The Morgan fingerprint density at radius 2 is 1.56 bits per heavy atom. The fourth-order valence-corrected chi connectivity index (χ4v) is 2.82. The predicted octanol–water partition coefficient (Wildman–Crippen LogP) is 3.37. The summed E-state index contributed by atoms with van der Waals surface area (Å²) in [5.41, 5.74) is 1.39. The maximum Gasteiger partial charge on any atom is 0.338 e. The van der Waals surface area contributed by atoms with Crippen molar-refractivity contribution < 1.29 is 33.6 Å². The van der Waals surface area contributed by atoms with Gasteiger partial charge in [0.05, 0.1) is 17.1 Å². The Morgan fingerprint density at radius 3 is 2.21 bits per heavy atom. The van der Waals surface area contributed by atoms with Crippen molar-refractivity contribution >= 4 is 40.8 Å². The second kappa shape index (κ2) is 12.7. The summed E-state index contributed by atoms with van der Waals surface area (Å²) >= 11 is 0. The molecule has 0 atom stereocenters. The van der Waals surface area contributed by atoms with Crippen molar-refractivity contribution in [2.24, 2.45) is 0 Å². The molecule has 0 heterocycles. The fourth-order valence-electron chi connectivity index (χ4n) is 2.82. The number of rotatable bonds is 11. The number of nitrogens with zero attached hydrogens (tertiary/aromatic N) is 1. The first-order valence-electron chi connectivity index (χ1n) is 10.5. The lowest BCUT2D eigenvalue weighted by Crippen LogP contribution is -2.21. The van der Waals surface area contributed by atoms with E-state index in [2.05, 4.69) is 10.6 Å². The minimum Gasteiger partial charge on any atom is -0.462 e. The minimum atomic E-state index is -0.656. The maximum absolute atomic E-state index is 12.0. The Balaban J connectivity index is 1.68. The average Bonchev–Trinajstić information content (AvgIpc) is 2.79. The molecule has 180 valence electrons. The number of hydrogen-bond donors (Lipinski definition) is 2. The Bertz CT molecular complexity index is 1070. The molecule has 0 bridgehead atoms. The fraction of sp³-hybridized carbons (Fsp3) is 0.304. The van der Waals surface area contributed by atoms with Crippen LogP contribution >= 0.6 is 0 Å². The van der Waals surface area contributed by atoms with Gasteiger partial charge in [-0.2, -0.15) is 0 Å². The summed E-state index contributed by atoms with van der Waals surface area (Å²) in [4.78, 5) is 57.8. The molecule has 2 rings (SSSR count). The number of ether oxygens (including phenoxy) is 2. The molecule has 0 aliphatic heterocycles. The maximum atomic E-state index is 12.0. The number of hydrogen-bond acceptors (Lipinski definition) is 8. The van der Waals surface area contributed by atoms with E-state index in [1.54, 1.807) is 26.0 Å². The lowest BCUT2D eigenvalue weighted by molar-refractivity contribution is -0.385. The number of nitro benzene ring substituents is 1. The van der Waals surface area contributed by atoms with E-state index in [0.717, 1.165) is 0 Å². The summed E-state index contributed by atoms with van der Waals surface area (Å²) in [6.45, 7) is 2.99. The van der Waals surface area contributed by atoms with Crippen molar-refractivity contribution in [3.63, 3.8) is 0 Å². The number of aryl methyl sites for hydroxylation is 1. The van der Waals surface area contributed by atoms with E-state index >= 15 is 0 Å². The number of amides is 2. The van der Waals surface area contributed by atoms with Gasteiger partial charge in [-0.25, -0.2) is 4.79 Å². The lowest BCUT2D eigenvalue weighted by atomic mass is 10.2. The molecular formula is C23H25N3O8. The first kappa shape index (κ1) is 26.0. The van der Waals surface area contributed by atoms with Crippen molar-refractivity contribution in [3.05, 3.63) is 63.7 Å². The Labute approximate surface area is 195 Å². The number of nitrogens with one attached hydrogen (secondary N) is 2. The van der Waals surface area contributed by atoms with Crippen LogP contribution in [0.5, 0.6) is 0 Å². The van der Waals surface area contributed by atoms with Gasteiger partial charge in [0, 0.05) is 35.8 Å². The number of nitro groups is 1. The average molecular weight is 471 g/mol. The molecule has 0 aliphatic rings. The zero-order chi connectivity index (χ0) is 25.1. The van der Waals surface area contributed by atoms with E-state index < -0.39 is 29.4 Å². The van der Waals surface area contributed by atoms with Crippen LogP contribution < -0.4 is 10.6 Å². The summed E-state index contributed by atoms with van der Waals surface area (Å²) in [6.07, 6.45) is 0.184. The van der Waals surface area contributed by atoms with Crippen LogP contribution in [0.4, 0.5) is 17.1 Å². The summed E-state index contributed by atoms with van der Waals surface area (Å²) in [5.74, 6) is -2.07. The molecule has 0 fully saturated rings. The van der Waals surface area contributed by atoms with Crippen molar-refractivity contribution in [1.29, 1.82) is 0 Å². The number of benzene rings is 2. The molecule has 2 aromatic rings. The summed E-state index contributed by atoms with van der Waals surface area (Å²) < 4.78 is 9.76. The van der Waals surface area contributed by atoms with Crippen LogP contribution in [-0.4, -0.2) is 41.9 Å². The van der Waals surface area contributed by atoms with Crippen molar-refractivity contribution in [1.82, 2.24) is 0 Å². The highest BCUT2D eigenvalue weighted by Gasteiger charge is 2.14. The van der Waals surface area contributed by atoms with Gasteiger partial charge in [0.1, 0.15) is 0 Å². The van der Waals surface area contributed by atoms with Crippen LogP contribution in [-0.2, 0) is 23.9 Å². The first-order chi connectivity index (χ1) is 16.2. The molecular weight excluding hydrogens is 446 g/mol. The van der Waals surface area contributed by atoms with Gasteiger partial charge in [0.25, 0.3) is 11.6 Å². The van der Waals surface area contributed by atoms with E-state index in [1.165, 1.54) is 30.3 Å². The Kier molecular flexibility index (Phi) is 9.69. The highest BCUT2D eigenvalue weighted by atomic mass is 16.6. The molecule has 0 saturated heterocycles. The van der Waals surface area contributed by atoms with Crippen molar-refractivity contribution in [2.75, 3.05) is 23.8 Å². The zero-order valence-corrected chi connectivity index (χ0v) is 18.8. The molecule has 11 nitrogen and oxygen atoms in total. The topological polar surface area (TPSA) is 154 Å². The third kappa shape index (κ3) is 8.34. The van der Waals surface area contributed by atoms with Gasteiger partial charge in [0.15, 0.2) is 6.61 Å². The summed E-state index contributed by atoms with van der Waals surface area (Å²) in [6, 6.07) is 10.4. The monoisotopic (exact) mass is 471 g/mol. The smallest absolute Gasteiger partial charge is 0.338 e. The number of carbonyl (C=O) groups is 4. The SMILES string of the molecule is CCOC(=O)c1ccc(NC(=O)CCCC(=O)OCC(=O)Nc2ccc(C)c([N+](=O)[O-])c2)cc1. The van der Waals surface area contributed by atoms with Crippen LogP contribution in [0.25, 0.3) is 0 Å². The van der Waals surface area contributed by atoms with E-state index in [-0.39, 0.29) is 43.2 Å². The standard InChI is InChI=1S/C23H25N3O8/c1-3-33-23(30)16-8-11-17(12-9-16)24-20(27)5-4-6-22(29)34-14-21(28)25-18-10-7-15(2)19(13-18)26(31)32/h7-13H,3-6,14H2,1-2H3,(H,24,27)(H,25,28). The second-order valence-electron chi connectivity index (χ2n) is 7.17. The zero-order valence-electron chi connectivity index (χ0n) is 18.8. The van der Waals surface area contributed by atoms with Crippen LogP contribution in [0, 0.1) is 17.0 Å². The molecule has 0 saturated carbocycles. The van der Waals surface area contributed by atoms with E-state index in [4.69, 9.17) is 9.47 Å². The minimum absolute atomic E-state index is 0.0496. The van der Waals surface area contributed by atoms with Crippen molar-refractivity contribution in [2.45, 2.75) is 33.1 Å². The van der Waals surface area contributed by atoms with Crippen LogP contribution in [0.2, 0.25) is 0 Å². The van der Waals surface area contributed by atoms with Crippen molar-refractivity contribution in [3.8, 4) is 0 Å². The van der Waals surface area contributed by atoms with Gasteiger partial charge >= 0.3 is 11.9 Å². The van der Waals surface area contributed by atoms with E-state index in [1.807, 2.05) is 0 Å². The molecule has 0 aromatic heterocycles. The van der Waals surface area contributed by atoms with Gasteiger partial charge in [-0.1, -0.05) is 6.07 Å². The predicted molar refractivity (Wildman–Crippen MR) is 122 cm³/mol. The molecule has 0 aliphatic carbocycles. The van der Waals surface area contributed by atoms with Crippen LogP contribution in [0.3, 0.4) is 0 Å². The molecule has 34 heavy (non-hydrogen) atoms. The second-order valence-corrected chi connectivity index (χ2v) is 7.17. The first-order valence-corrected chi connectivity index (χ1v) is 10.5. The highest BCUT2D eigenvalue weighted by molar-refractivity contribution is 5.94. The van der Waals surface area contributed by atoms with Crippen LogP contribution in [0.15, 0.2) is 42.5 Å². The molecule has 0 unspecified atom stereocenters. The molecule has 0 radical (unpaired) electrons. The number of carbonyl (C=O) groups excluding carboxylic acids is 4. The molecule has 2 aromatic carbocycles. The molecule has 11 heteroatoms. The largest absolute Gasteiger partial charge is 0.462 e. The molecule has 2 N–H and O–H groups in total. The number of esters is 2.